The summed E-state index contributed by atoms with van der Waals surface area (Å²) in [6.45, 7) is 19.6. The van der Waals surface area contributed by atoms with Gasteiger partial charge in [-0.1, -0.05) is 34.6 Å². The molecule has 43 heavy (non-hydrogen) atoms. The zero-order valence-electron chi connectivity index (χ0n) is 26.9. The van der Waals surface area contributed by atoms with E-state index in [1.54, 1.807) is 12.4 Å². The average molecular weight is 589 g/mol. The van der Waals surface area contributed by atoms with Gasteiger partial charge in [-0.15, -0.1) is 0 Å². The van der Waals surface area contributed by atoms with Gasteiger partial charge in [0.05, 0.1) is 23.3 Å². The highest BCUT2D eigenvalue weighted by atomic mass is 16.5. The maximum Gasteiger partial charge on any atom is 0.254 e. The molecular formula is C34H48N6O3. The second kappa shape index (κ2) is 12.0. The van der Waals surface area contributed by atoms with Crippen LogP contribution in [0.15, 0.2) is 24.5 Å². The fourth-order valence-electron chi connectivity index (χ4n) is 7.87. The van der Waals surface area contributed by atoms with E-state index < -0.39 is 0 Å². The van der Waals surface area contributed by atoms with Gasteiger partial charge in [-0.3, -0.25) is 4.79 Å². The molecule has 9 heteroatoms. The van der Waals surface area contributed by atoms with E-state index >= 15 is 0 Å². The summed E-state index contributed by atoms with van der Waals surface area (Å²) >= 11 is 0. The van der Waals surface area contributed by atoms with Crippen LogP contribution in [-0.4, -0.2) is 76.9 Å². The number of likely N-dealkylation sites (tertiary alicyclic amines) is 1. The van der Waals surface area contributed by atoms with Gasteiger partial charge in [0.25, 0.3) is 5.91 Å². The zero-order valence-corrected chi connectivity index (χ0v) is 26.9. The normalized spacial score (nSPS) is 27.2. The van der Waals surface area contributed by atoms with Crippen LogP contribution < -0.4 is 15.0 Å². The summed E-state index contributed by atoms with van der Waals surface area (Å²) in [7, 11) is 0. The summed E-state index contributed by atoms with van der Waals surface area (Å²) in [5.74, 6) is 2.42. The number of benzene rings is 1. The number of amides is 1. The second-order valence-corrected chi connectivity index (χ2v) is 14.3. The maximum absolute atomic E-state index is 13.4. The summed E-state index contributed by atoms with van der Waals surface area (Å²) in [5.41, 5.74) is 2.38. The number of aromatic nitrogens is 2. The topological polar surface area (TPSA) is 115 Å². The summed E-state index contributed by atoms with van der Waals surface area (Å²) in [5, 5.41) is 22.4. The highest BCUT2D eigenvalue weighted by Crippen LogP contribution is 2.55. The van der Waals surface area contributed by atoms with E-state index in [-0.39, 0.29) is 35.0 Å². The van der Waals surface area contributed by atoms with Crippen LogP contribution in [0.1, 0.15) is 80.9 Å². The van der Waals surface area contributed by atoms with Crippen molar-refractivity contribution >= 4 is 11.9 Å². The highest BCUT2D eigenvalue weighted by molar-refractivity contribution is 5.94. The molecule has 1 aromatic heterocycles. The molecule has 1 aliphatic carbocycles. The van der Waals surface area contributed by atoms with Gasteiger partial charge in [0.15, 0.2) is 0 Å². The van der Waals surface area contributed by atoms with E-state index in [0.29, 0.717) is 28.9 Å². The monoisotopic (exact) mass is 588 g/mol. The first-order valence-corrected chi connectivity index (χ1v) is 15.8. The predicted octanol–water partition coefficient (Wildman–Crippen LogP) is 4.50. The van der Waals surface area contributed by atoms with Crippen LogP contribution in [0.25, 0.3) is 0 Å². The standard InChI is InChI=1S/C34H48N6O3/c1-21-19-40(15-10-25(21)20-39-13-11-27(41)12-14-39)32-36-17-26(18-37-32)29(42)38-30-33(4,5)31(34(30,6)7)43-28-9-8-24(16-35)22(2)23(28)3/h8-9,17-18,21,25,27,30-31,41H,10-15,19-20H2,1-7H3,(H,38,42)/t21-,25-,30?,31?/m1/s1. The van der Waals surface area contributed by atoms with E-state index in [0.717, 1.165) is 68.9 Å². The van der Waals surface area contributed by atoms with Gasteiger partial charge in [-0.25, -0.2) is 9.97 Å². The molecule has 3 fully saturated rings. The number of aliphatic hydroxyl groups excluding tert-OH is 1. The lowest BCUT2D eigenvalue weighted by Crippen LogP contribution is -2.74. The molecule has 232 valence electrons. The first kappa shape index (κ1) is 31.2. The molecular weight excluding hydrogens is 540 g/mol. The number of piperidine rings is 2. The SMILES string of the molecule is Cc1c(C#N)ccc(OC2C(C)(C)C(NC(=O)c3cnc(N4CC[C@H](CN5CCC(O)CC5)[C@H](C)C4)nc3)C2(C)C)c1C. The van der Waals surface area contributed by atoms with Gasteiger partial charge in [0.2, 0.25) is 5.95 Å². The van der Waals surface area contributed by atoms with Gasteiger partial charge in [-0.2, -0.15) is 5.26 Å². The molecule has 0 radical (unpaired) electrons. The summed E-state index contributed by atoms with van der Waals surface area (Å²) in [4.78, 5) is 27.3. The first-order chi connectivity index (χ1) is 20.3. The maximum atomic E-state index is 13.4. The van der Waals surface area contributed by atoms with Crippen molar-refractivity contribution in [2.45, 2.75) is 86.0 Å². The molecule has 2 aliphatic heterocycles. The van der Waals surface area contributed by atoms with Crippen LogP contribution in [0, 0.1) is 47.8 Å². The Kier molecular flexibility index (Phi) is 8.75. The number of nitrogens with one attached hydrogen (secondary N) is 1. The van der Waals surface area contributed by atoms with Gasteiger partial charge in [0.1, 0.15) is 11.9 Å². The van der Waals surface area contributed by atoms with E-state index in [1.807, 2.05) is 26.0 Å². The Bertz CT molecular complexity index is 1340. The number of carbonyl (C=O) groups is 1. The average Bonchev–Trinajstić information content (AvgIpc) is 2.98. The molecule has 9 nitrogen and oxygen atoms in total. The molecule has 2 N–H and O–H groups in total. The van der Waals surface area contributed by atoms with E-state index in [2.05, 4.69) is 65.8 Å². The number of ether oxygens (including phenoxy) is 1. The number of aliphatic hydroxyl groups is 1. The largest absolute Gasteiger partial charge is 0.489 e. The van der Waals surface area contributed by atoms with Gasteiger partial charge < -0.3 is 25.0 Å². The molecule has 1 amide bonds. The molecule has 3 heterocycles. The molecule has 1 saturated carbocycles. The molecule has 2 aromatic rings. The third-order valence-corrected chi connectivity index (χ3v) is 10.5. The quantitative estimate of drug-likeness (QED) is 0.486. The molecule has 0 unspecified atom stereocenters. The number of nitriles is 1. The molecule has 0 bridgehead atoms. The fourth-order valence-corrected chi connectivity index (χ4v) is 7.87. The lowest BCUT2D eigenvalue weighted by molar-refractivity contribution is -0.164. The number of carbonyl (C=O) groups excluding carboxylic acids is 1. The van der Waals surface area contributed by atoms with Crippen LogP contribution in [0.5, 0.6) is 5.75 Å². The molecule has 5 rings (SSSR count). The number of hydrogen-bond acceptors (Lipinski definition) is 8. The third kappa shape index (κ3) is 6.09. The van der Waals surface area contributed by atoms with Crippen LogP contribution >= 0.6 is 0 Å². The van der Waals surface area contributed by atoms with Crippen molar-refractivity contribution in [1.29, 1.82) is 5.26 Å². The van der Waals surface area contributed by atoms with Crippen LogP contribution in [0.4, 0.5) is 5.95 Å². The first-order valence-electron chi connectivity index (χ1n) is 15.8. The molecule has 3 aliphatic rings. The molecule has 1 aromatic carbocycles. The number of hydrogen-bond donors (Lipinski definition) is 2. The number of nitrogens with zero attached hydrogens (tertiary/aromatic N) is 5. The van der Waals surface area contributed by atoms with E-state index in [9.17, 15) is 15.2 Å². The van der Waals surface area contributed by atoms with E-state index in [1.165, 1.54) is 0 Å². The summed E-state index contributed by atoms with van der Waals surface area (Å²) in [6, 6.07) is 5.81. The van der Waals surface area contributed by atoms with Crippen molar-refractivity contribution in [3.8, 4) is 11.8 Å². The van der Waals surface area contributed by atoms with Crippen LogP contribution in [0.3, 0.4) is 0 Å². The Balaban J connectivity index is 1.17. The Labute approximate surface area is 256 Å². The molecule has 0 spiro atoms. The van der Waals surface area contributed by atoms with Gasteiger partial charge in [-0.05, 0) is 68.2 Å². The zero-order chi connectivity index (χ0) is 31.1. The lowest BCUT2D eigenvalue weighted by atomic mass is 9.49. The van der Waals surface area contributed by atoms with Crippen LogP contribution in [-0.2, 0) is 0 Å². The number of rotatable bonds is 7. The Morgan fingerprint density at radius 1 is 1.07 bits per heavy atom. The summed E-state index contributed by atoms with van der Waals surface area (Å²) < 4.78 is 6.55. The molecule has 2 saturated heterocycles. The minimum Gasteiger partial charge on any atom is -0.489 e. The minimum atomic E-state index is -0.317. The Morgan fingerprint density at radius 3 is 2.33 bits per heavy atom. The minimum absolute atomic E-state index is 0.111. The highest BCUT2D eigenvalue weighted by Gasteiger charge is 2.64. The number of anilines is 1. The fraction of sp³-hybridized carbons (Fsp3) is 0.647. The second-order valence-electron chi connectivity index (χ2n) is 14.3. The van der Waals surface area contributed by atoms with Gasteiger partial charge in [0, 0.05) is 62.0 Å². The smallest absolute Gasteiger partial charge is 0.254 e. The van der Waals surface area contributed by atoms with E-state index in [4.69, 9.17) is 4.74 Å². The molecule has 2 atom stereocenters. The van der Waals surface area contributed by atoms with Crippen molar-refractivity contribution in [3.05, 3.63) is 46.8 Å². The Morgan fingerprint density at radius 2 is 1.72 bits per heavy atom. The van der Waals surface area contributed by atoms with Crippen molar-refractivity contribution in [1.82, 2.24) is 20.2 Å². The van der Waals surface area contributed by atoms with Crippen molar-refractivity contribution < 1.29 is 14.6 Å². The Hall–Kier alpha value is -3.22. The van der Waals surface area contributed by atoms with Crippen LogP contribution in [0.2, 0.25) is 0 Å². The van der Waals surface area contributed by atoms with Crippen molar-refractivity contribution in [2.24, 2.45) is 22.7 Å². The lowest BCUT2D eigenvalue weighted by Gasteiger charge is -2.63. The summed E-state index contributed by atoms with van der Waals surface area (Å²) in [6.07, 6.45) is 5.87. The van der Waals surface area contributed by atoms with Crippen molar-refractivity contribution in [3.63, 3.8) is 0 Å². The third-order valence-electron chi connectivity index (χ3n) is 10.5. The van der Waals surface area contributed by atoms with Crippen molar-refractivity contribution in [2.75, 3.05) is 37.6 Å². The predicted molar refractivity (Wildman–Crippen MR) is 167 cm³/mol. The van der Waals surface area contributed by atoms with Gasteiger partial charge >= 0.3 is 0 Å².